The minimum Gasteiger partial charge on any atom is -0.494 e. The Labute approximate surface area is 167 Å². The molecule has 0 fully saturated rings. The highest BCUT2D eigenvalue weighted by Gasteiger charge is 2.04. The van der Waals surface area contributed by atoms with Crippen LogP contribution in [0.5, 0.6) is 17.2 Å². The van der Waals surface area contributed by atoms with Gasteiger partial charge in [0.15, 0.2) is 17.5 Å². The van der Waals surface area contributed by atoms with Crippen LogP contribution in [0, 0.1) is 0 Å². The molecule has 152 valence electrons. The average molecular weight is 386 g/mol. The molecule has 0 aromatic heterocycles. The van der Waals surface area contributed by atoms with E-state index in [0.717, 1.165) is 54.2 Å². The van der Waals surface area contributed by atoms with Crippen LogP contribution in [-0.4, -0.2) is 33.3 Å². The van der Waals surface area contributed by atoms with Crippen LogP contribution in [0.1, 0.15) is 30.9 Å². The molecule has 0 amide bonds. The Kier molecular flexibility index (Phi) is 8.98. The second-order valence-electron chi connectivity index (χ2n) is 6.42. The third-order valence-corrected chi connectivity index (χ3v) is 4.26. The number of guanidine groups is 1. The third kappa shape index (κ3) is 7.02. The minimum absolute atomic E-state index is 0.429. The van der Waals surface area contributed by atoms with Gasteiger partial charge in [-0.05, 0) is 48.2 Å². The topological polar surface area (TPSA) is 78.1 Å². The molecule has 0 unspecified atom stereocenters. The van der Waals surface area contributed by atoms with Crippen molar-refractivity contribution in [2.24, 2.45) is 10.7 Å². The number of rotatable bonds is 11. The smallest absolute Gasteiger partial charge is 0.188 e. The van der Waals surface area contributed by atoms with E-state index in [0.29, 0.717) is 19.0 Å². The Hall–Kier alpha value is -2.89. The first kappa shape index (κ1) is 21.4. The lowest BCUT2D eigenvalue weighted by Gasteiger charge is -2.10. The summed E-state index contributed by atoms with van der Waals surface area (Å²) in [4.78, 5) is 4.41. The largest absolute Gasteiger partial charge is 0.494 e. The van der Waals surface area contributed by atoms with Crippen molar-refractivity contribution in [3.8, 4) is 17.2 Å². The van der Waals surface area contributed by atoms with Gasteiger partial charge in [-0.25, -0.2) is 4.99 Å². The van der Waals surface area contributed by atoms with Crippen molar-refractivity contribution in [1.29, 1.82) is 0 Å². The number of hydrogen-bond acceptors (Lipinski definition) is 4. The zero-order valence-corrected chi connectivity index (χ0v) is 17.0. The number of ether oxygens (including phenoxy) is 3. The number of nitrogens with two attached hydrogens (primary N) is 1. The predicted octanol–water partition coefficient (Wildman–Crippen LogP) is 3.53. The average Bonchev–Trinajstić information content (AvgIpc) is 2.72. The van der Waals surface area contributed by atoms with Crippen LogP contribution in [0.4, 0.5) is 0 Å². The molecule has 0 saturated carbocycles. The lowest BCUT2D eigenvalue weighted by Crippen LogP contribution is -2.33. The summed E-state index contributed by atoms with van der Waals surface area (Å²) in [5, 5.41) is 3.15. The Balaban J connectivity index is 1.81. The molecule has 0 saturated heterocycles. The van der Waals surface area contributed by atoms with E-state index in [1.165, 1.54) is 0 Å². The van der Waals surface area contributed by atoms with E-state index in [1.807, 2.05) is 42.5 Å². The summed E-state index contributed by atoms with van der Waals surface area (Å²) in [6, 6.07) is 13.9. The highest BCUT2D eigenvalue weighted by Crippen LogP contribution is 2.27. The maximum Gasteiger partial charge on any atom is 0.188 e. The molecule has 6 heteroatoms. The molecule has 2 rings (SSSR count). The van der Waals surface area contributed by atoms with E-state index in [4.69, 9.17) is 19.9 Å². The van der Waals surface area contributed by atoms with Crippen LogP contribution in [-0.2, 0) is 13.0 Å². The Morgan fingerprint density at radius 3 is 2.61 bits per heavy atom. The quantitative estimate of drug-likeness (QED) is 0.351. The molecular formula is C22H31N3O3. The van der Waals surface area contributed by atoms with Crippen molar-refractivity contribution < 1.29 is 14.2 Å². The second-order valence-corrected chi connectivity index (χ2v) is 6.42. The zero-order valence-electron chi connectivity index (χ0n) is 17.0. The van der Waals surface area contributed by atoms with Crippen LogP contribution >= 0.6 is 0 Å². The van der Waals surface area contributed by atoms with Gasteiger partial charge < -0.3 is 25.3 Å². The molecule has 2 aromatic carbocycles. The number of hydrogen-bond donors (Lipinski definition) is 2. The van der Waals surface area contributed by atoms with Gasteiger partial charge in [-0.1, -0.05) is 31.5 Å². The number of nitrogens with zero attached hydrogens (tertiary/aromatic N) is 1. The predicted molar refractivity (Wildman–Crippen MR) is 113 cm³/mol. The molecule has 2 aromatic rings. The zero-order chi connectivity index (χ0) is 20.2. The first-order chi connectivity index (χ1) is 13.7. The van der Waals surface area contributed by atoms with Gasteiger partial charge in [0, 0.05) is 6.54 Å². The van der Waals surface area contributed by atoms with E-state index in [1.54, 1.807) is 14.2 Å². The van der Waals surface area contributed by atoms with Gasteiger partial charge in [-0.3, -0.25) is 0 Å². The van der Waals surface area contributed by atoms with Crippen molar-refractivity contribution in [2.75, 3.05) is 27.4 Å². The number of unbranched alkanes of at least 4 members (excludes halogenated alkanes) is 1. The molecule has 6 nitrogen and oxygen atoms in total. The van der Waals surface area contributed by atoms with Gasteiger partial charge in [0.2, 0.25) is 0 Å². The molecule has 28 heavy (non-hydrogen) atoms. The van der Waals surface area contributed by atoms with Crippen molar-refractivity contribution >= 4 is 5.96 Å². The molecule has 3 N–H and O–H groups in total. The summed E-state index contributed by atoms with van der Waals surface area (Å²) in [5.74, 6) is 2.75. The fourth-order valence-electron chi connectivity index (χ4n) is 2.67. The van der Waals surface area contributed by atoms with Crippen molar-refractivity contribution in [3.63, 3.8) is 0 Å². The molecule has 0 heterocycles. The van der Waals surface area contributed by atoms with E-state index >= 15 is 0 Å². The maximum atomic E-state index is 5.99. The fraction of sp³-hybridized carbons (Fsp3) is 0.409. The van der Waals surface area contributed by atoms with Gasteiger partial charge in [-0.15, -0.1) is 0 Å². The molecular weight excluding hydrogens is 354 g/mol. The molecule has 0 bridgehead atoms. The summed E-state index contributed by atoms with van der Waals surface area (Å²) in [6.07, 6.45) is 2.98. The first-order valence-electron chi connectivity index (χ1n) is 9.62. The van der Waals surface area contributed by atoms with Crippen LogP contribution in [0.15, 0.2) is 47.5 Å². The number of nitrogens with one attached hydrogen (secondary N) is 1. The lowest BCUT2D eigenvalue weighted by atomic mass is 10.1. The number of benzene rings is 2. The van der Waals surface area contributed by atoms with E-state index in [2.05, 4.69) is 17.2 Å². The monoisotopic (exact) mass is 385 g/mol. The minimum atomic E-state index is 0.429. The highest BCUT2D eigenvalue weighted by atomic mass is 16.5. The summed E-state index contributed by atoms with van der Waals surface area (Å²) < 4.78 is 16.3. The van der Waals surface area contributed by atoms with E-state index < -0.39 is 0 Å². The van der Waals surface area contributed by atoms with Crippen LogP contribution in [0.2, 0.25) is 0 Å². The van der Waals surface area contributed by atoms with Crippen LogP contribution in [0.25, 0.3) is 0 Å². The van der Waals surface area contributed by atoms with Crippen molar-refractivity contribution in [3.05, 3.63) is 53.6 Å². The Morgan fingerprint density at radius 2 is 1.86 bits per heavy atom. The lowest BCUT2D eigenvalue weighted by molar-refractivity contribution is 0.309. The summed E-state index contributed by atoms with van der Waals surface area (Å²) in [5.41, 5.74) is 8.19. The molecule has 0 aliphatic heterocycles. The van der Waals surface area contributed by atoms with Gasteiger partial charge in [0.25, 0.3) is 0 Å². The number of methoxy groups -OCH3 is 2. The SMILES string of the molecule is CCCCOc1cccc(CN=C(N)NCCc2ccc(OC)c(OC)c2)c1. The van der Waals surface area contributed by atoms with Crippen LogP contribution in [0.3, 0.4) is 0 Å². The Morgan fingerprint density at radius 1 is 1.04 bits per heavy atom. The summed E-state index contributed by atoms with van der Waals surface area (Å²) in [7, 11) is 3.26. The third-order valence-electron chi connectivity index (χ3n) is 4.26. The first-order valence-corrected chi connectivity index (χ1v) is 9.62. The summed E-state index contributed by atoms with van der Waals surface area (Å²) >= 11 is 0. The molecule has 0 aliphatic rings. The molecule has 0 spiro atoms. The van der Waals surface area contributed by atoms with Crippen molar-refractivity contribution in [2.45, 2.75) is 32.7 Å². The van der Waals surface area contributed by atoms with Gasteiger partial charge in [-0.2, -0.15) is 0 Å². The van der Waals surface area contributed by atoms with Crippen LogP contribution < -0.4 is 25.3 Å². The van der Waals surface area contributed by atoms with E-state index in [-0.39, 0.29) is 0 Å². The molecule has 0 atom stereocenters. The van der Waals surface area contributed by atoms with Gasteiger partial charge in [0.1, 0.15) is 5.75 Å². The number of aliphatic imine (C=N–C) groups is 1. The standard InChI is InChI=1S/C22H31N3O3/c1-4-5-13-28-19-8-6-7-18(14-19)16-25-22(23)24-12-11-17-9-10-20(26-2)21(15-17)27-3/h6-10,14-15H,4-5,11-13,16H2,1-3H3,(H3,23,24,25). The maximum absolute atomic E-state index is 5.99. The second kappa shape index (κ2) is 11.7. The summed E-state index contributed by atoms with van der Waals surface area (Å²) in [6.45, 7) is 4.09. The van der Waals surface area contributed by atoms with E-state index in [9.17, 15) is 0 Å². The van der Waals surface area contributed by atoms with Crippen molar-refractivity contribution in [1.82, 2.24) is 5.32 Å². The van der Waals surface area contributed by atoms with Gasteiger partial charge in [0.05, 0.1) is 27.4 Å². The Bertz CT molecular complexity index is 762. The molecule has 0 aliphatic carbocycles. The fourth-order valence-corrected chi connectivity index (χ4v) is 2.67. The highest BCUT2D eigenvalue weighted by molar-refractivity contribution is 5.77. The normalized spacial score (nSPS) is 11.2. The van der Waals surface area contributed by atoms with Gasteiger partial charge >= 0.3 is 0 Å². The molecule has 0 radical (unpaired) electrons.